The first-order valence-corrected chi connectivity index (χ1v) is 8.21. The van der Waals surface area contributed by atoms with Crippen LogP contribution >= 0.6 is 0 Å². The summed E-state index contributed by atoms with van der Waals surface area (Å²) in [5, 5.41) is 4.14. The van der Waals surface area contributed by atoms with E-state index in [0.29, 0.717) is 12.6 Å². The van der Waals surface area contributed by atoms with E-state index in [9.17, 15) is 4.79 Å². The maximum absolute atomic E-state index is 12.3. The van der Waals surface area contributed by atoms with Gasteiger partial charge in [0.05, 0.1) is 19.7 Å². The van der Waals surface area contributed by atoms with Crippen molar-refractivity contribution in [1.82, 2.24) is 9.88 Å². The molecule has 1 fully saturated rings. The summed E-state index contributed by atoms with van der Waals surface area (Å²) in [6, 6.07) is 6.10. The van der Waals surface area contributed by atoms with Gasteiger partial charge in [0.15, 0.2) is 0 Å². The van der Waals surface area contributed by atoms with Gasteiger partial charge < -0.3 is 19.4 Å². The highest BCUT2D eigenvalue weighted by Crippen LogP contribution is 2.31. The van der Waals surface area contributed by atoms with E-state index >= 15 is 0 Å². The molecule has 1 heterocycles. The Bertz CT molecular complexity index is 687. The summed E-state index contributed by atoms with van der Waals surface area (Å²) < 4.78 is 12.7. The molecule has 5 nitrogen and oxygen atoms in total. The number of benzene rings is 1. The van der Waals surface area contributed by atoms with Gasteiger partial charge in [0, 0.05) is 29.8 Å². The summed E-state index contributed by atoms with van der Waals surface area (Å²) in [6.07, 6.45) is 7.83. The maximum atomic E-state index is 12.3. The number of carbonyl (C=O) groups is 1. The molecule has 1 amide bonds. The lowest BCUT2D eigenvalue weighted by Crippen LogP contribution is -2.38. The van der Waals surface area contributed by atoms with Crippen molar-refractivity contribution in [2.45, 2.75) is 44.7 Å². The molecule has 0 bridgehead atoms. The van der Waals surface area contributed by atoms with Crippen LogP contribution in [0.2, 0.25) is 0 Å². The van der Waals surface area contributed by atoms with Crippen molar-refractivity contribution in [3.8, 4) is 11.5 Å². The Kier molecular flexibility index (Phi) is 4.74. The number of amides is 1. The van der Waals surface area contributed by atoms with Gasteiger partial charge in [-0.2, -0.15) is 0 Å². The van der Waals surface area contributed by atoms with Gasteiger partial charge in [-0.15, -0.1) is 0 Å². The molecule has 23 heavy (non-hydrogen) atoms. The number of aromatic nitrogens is 1. The van der Waals surface area contributed by atoms with Crippen LogP contribution < -0.4 is 14.8 Å². The van der Waals surface area contributed by atoms with Crippen molar-refractivity contribution in [1.29, 1.82) is 0 Å². The fourth-order valence-corrected chi connectivity index (χ4v) is 3.34. The second kappa shape index (κ2) is 6.94. The van der Waals surface area contributed by atoms with E-state index in [2.05, 4.69) is 5.32 Å². The molecule has 0 spiro atoms. The molecule has 1 aliphatic carbocycles. The average molecular weight is 316 g/mol. The third kappa shape index (κ3) is 3.44. The lowest BCUT2D eigenvalue weighted by Gasteiger charge is -2.23. The number of hydrogen-bond acceptors (Lipinski definition) is 3. The summed E-state index contributed by atoms with van der Waals surface area (Å²) in [4.78, 5) is 12.3. The van der Waals surface area contributed by atoms with Gasteiger partial charge in [0.1, 0.15) is 18.0 Å². The first kappa shape index (κ1) is 15.7. The van der Waals surface area contributed by atoms with Crippen molar-refractivity contribution in [2.75, 3.05) is 14.2 Å². The molecule has 3 rings (SSSR count). The zero-order chi connectivity index (χ0) is 16.2. The average Bonchev–Trinajstić information content (AvgIpc) is 2.97. The predicted molar refractivity (Wildman–Crippen MR) is 90.1 cm³/mol. The van der Waals surface area contributed by atoms with Gasteiger partial charge in [-0.3, -0.25) is 4.79 Å². The highest BCUT2D eigenvalue weighted by Gasteiger charge is 2.17. The van der Waals surface area contributed by atoms with Crippen LogP contribution in [0.4, 0.5) is 0 Å². The van der Waals surface area contributed by atoms with Gasteiger partial charge in [-0.05, 0) is 18.9 Å². The van der Waals surface area contributed by atoms with Gasteiger partial charge >= 0.3 is 0 Å². The molecule has 5 heteroatoms. The molecule has 0 unspecified atom stereocenters. The number of rotatable bonds is 5. The summed E-state index contributed by atoms with van der Waals surface area (Å²) in [5.41, 5.74) is 0.944. The number of hydrogen-bond donors (Lipinski definition) is 1. The smallest absolute Gasteiger partial charge is 0.240 e. The van der Waals surface area contributed by atoms with Crippen molar-refractivity contribution >= 4 is 16.8 Å². The van der Waals surface area contributed by atoms with Crippen LogP contribution in [0.25, 0.3) is 10.9 Å². The molecule has 0 radical (unpaired) electrons. The lowest BCUT2D eigenvalue weighted by molar-refractivity contribution is -0.122. The first-order chi connectivity index (χ1) is 11.2. The molecule has 1 N–H and O–H groups in total. The van der Waals surface area contributed by atoms with Gasteiger partial charge in [0.25, 0.3) is 0 Å². The van der Waals surface area contributed by atoms with Gasteiger partial charge in [-0.1, -0.05) is 19.3 Å². The van der Waals surface area contributed by atoms with E-state index in [0.717, 1.165) is 35.2 Å². The zero-order valence-electron chi connectivity index (χ0n) is 13.8. The standard InChI is InChI=1S/C18H24N2O3/c1-22-14-10-16-15(17(11-14)23-2)8-9-20(16)12-18(21)19-13-6-4-3-5-7-13/h8-11,13H,3-7,12H2,1-2H3,(H,19,21). The van der Waals surface area contributed by atoms with Crippen LogP contribution in [0.3, 0.4) is 0 Å². The minimum Gasteiger partial charge on any atom is -0.497 e. The van der Waals surface area contributed by atoms with Crippen molar-refractivity contribution in [3.05, 3.63) is 24.4 Å². The third-order valence-electron chi connectivity index (χ3n) is 4.56. The number of fused-ring (bicyclic) bond motifs is 1. The Morgan fingerprint density at radius 2 is 2.00 bits per heavy atom. The van der Waals surface area contributed by atoms with Gasteiger partial charge in [-0.25, -0.2) is 0 Å². The summed E-state index contributed by atoms with van der Waals surface area (Å²) in [7, 11) is 3.27. The number of nitrogens with zero attached hydrogens (tertiary/aromatic N) is 1. The van der Waals surface area contributed by atoms with E-state index < -0.39 is 0 Å². The Balaban J connectivity index is 1.78. The van der Waals surface area contributed by atoms with Crippen molar-refractivity contribution < 1.29 is 14.3 Å². The molecule has 0 saturated heterocycles. The Hall–Kier alpha value is -2.17. The Morgan fingerprint density at radius 1 is 1.22 bits per heavy atom. The van der Waals surface area contributed by atoms with Crippen molar-refractivity contribution in [2.24, 2.45) is 0 Å². The molecule has 2 aromatic rings. The Morgan fingerprint density at radius 3 is 2.70 bits per heavy atom. The van der Waals surface area contributed by atoms with Crippen LogP contribution in [-0.4, -0.2) is 30.7 Å². The third-order valence-corrected chi connectivity index (χ3v) is 4.56. The minimum atomic E-state index is 0.0659. The van der Waals surface area contributed by atoms with Crippen LogP contribution in [0, 0.1) is 0 Å². The minimum absolute atomic E-state index is 0.0659. The SMILES string of the molecule is COc1cc(OC)c2ccn(CC(=O)NC3CCCCC3)c2c1. The van der Waals surface area contributed by atoms with Crippen LogP contribution in [0.15, 0.2) is 24.4 Å². The fourth-order valence-electron chi connectivity index (χ4n) is 3.34. The van der Waals surface area contributed by atoms with Crippen LogP contribution in [-0.2, 0) is 11.3 Å². The van der Waals surface area contributed by atoms with E-state index in [1.165, 1.54) is 19.3 Å². The lowest BCUT2D eigenvalue weighted by atomic mass is 9.95. The van der Waals surface area contributed by atoms with Crippen molar-refractivity contribution in [3.63, 3.8) is 0 Å². The zero-order valence-corrected chi connectivity index (χ0v) is 13.8. The predicted octanol–water partition coefficient (Wildman–Crippen LogP) is 3.11. The van der Waals surface area contributed by atoms with Crippen LogP contribution in [0.1, 0.15) is 32.1 Å². The molecular weight excluding hydrogens is 292 g/mol. The second-order valence-electron chi connectivity index (χ2n) is 6.11. The van der Waals surface area contributed by atoms with Crippen LogP contribution in [0.5, 0.6) is 11.5 Å². The fraction of sp³-hybridized carbons (Fsp3) is 0.500. The Labute approximate surface area is 136 Å². The topological polar surface area (TPSA) is 52.5 Å². The summed E-state index contributed by atoms with van der Waals surface area (Å²) >= 11 is 0. The highest BCUT2D eigenvalue weighted by molar-refractivity contribution is 5.89. The van der Waals surface area contributed by atoms with E-state index in [1.54, 1.807) is 14.2 Å². The quantitative estimate of drug-likeness (QED) is 0.922. The summed E-state index contributed by atoms with van der Waals surface area (Å²) in [6.45, 7) is 0.316. The molecule has 0 aliphatic heterocycles. The first-order valence-electron chi connectivity index (χ1n) is 8.21. The second-order valence-corrected chi connectivity index (χ2v) is 6.11. The maximum Gasteiger partial charge on any atom is 0.240 e. The molecule has 1 aromatic heterocycles. The molecule has 1 aliphatic rings. The highest BCUT2D eigenvalue weighted by atomic mass is 16.5. The number of carbonyl (C=O) groups excluding carboxylic acids is 1. The summed E-state index contributed by atoms with van der Waals surface area (Å²) in [5.74, 6) is 1.55. The largest absolute Gasteiger partial charge is 0.497 e. The normalized spacial score (nSPS) is 15.6. The molecule has 124 valence electrons. The monoisotopic (exact) mass is 316 g/mol. The van der Waals surface area contributed by atoms with Gasteiger partial charge in [0.2, 0.25) is 5.91 Å². The molecule has 1 aromatic carbocycles. The number of ether oxygens (including phenoxy) is 2. The van der Waals surface area contributed by atoms with E-state index in [-0.39, 0.29) is 5.91 Å². The number of nitrogens with one attached hydrogen (secondary N) is 1. The molecular formula is C18H24N2O3. The van der Waals surface area contributed by atoms with E-state index in [4.69, 9.17) is 9.47 Å². The molecule has 1 saturated carbocycles. The number of methoxy groups -OCH3 is 2. The van der Waals surface area contributed by atoms with E-state index in [1.807, 2.05) is 29.0 Å². The molecule has 0 atom stereocenters.